The molecule has 0 N–H and O–H groups in total. The van der Waals surface area contributed by atoms with Crippen LogP contribution in [0.15, 0.2) is 0 Å². The van der Waals surface area contributed by atoms with Crippen LogP contribution in [-0.2, 0) is 0 Å². The van der Waals surface area contributed by atoms with Crippen molar-refractivity contribution in [3.63, 3.8) is 0 Å². The molecule has 0 aromatic rings. The molecule has 0 amide bonds. The molecule has 0 saturated heterocycles. The Labute approximate surface area is 74.7 Å². The third kappa shape index (κ3) is 0.482. The lowest BCUT2D eigenvalue weighted by atomic mass is 9.43. The zero-order valence-electron chi connectivity index (χ0n) is 7.76. The van der Waals surface area contributed by atoms with Crippen LogP contribution in [0.25, 0.3) is 0 Å². The first kappa shape index (κ1) is 6.45. The molecule has 12 heavy (non-hydrogen) atoms. The summed E-state index contributed by atoms with van der Waals surface area (Å²) in [5.74, 6) is 4.84. The highest BCUT2D eigenvalue weighted by atomic mass is 14.7. The Morgan fingerprint density at radius 1 is 1.00 bits per heavy atom. The first-order valence-electron chi connectivity index (χ1n) is 5.90. The van der Waals surface area contributed by atoms with Crippen molar-refractivity contribution in [3.05, 3.63) is 0 Å². The molecular weight excluding hydrogens is 144 g/mol. The highest BCUT2D eigenvalue weighted by molar-refractivity contribution is 5.16. The predicted molar refractivity (Wildman–Crippen MR) is 48.7 cm³/mol. The van der Waals surface area contributed by atoms with Gasteiger partial charge in [0.2, 0.25) is 0 Å². The van der Waals surface area contributed by atoms with Gasteiger partial charge >= 0.3 is 0 Å². The molecule has 5 aliphatic rings. The molecule has 1 spiro atoms. The van der Waals surface area contributed by atoms with E-state index < -0.39 is 0 Å². The van der Waals surface area contributed by atoms with Crippen LogP contribution in [0.3, 0.4) is 0 Å². The maximum absolute atomic E-state index is 1.65. The summed E-state index contributed by atoms with van der Waals surface area (Å²) in [6, 6.07) is 0. The van der Waals surface area contributed by atoms with Gasteiger partial charge in [0.05, 0.1) is 0 Å². The van der Waals surface area contributed by atoms with Crippen LogP contribution < -0.4 is 0 Å². The van der Waals surface area contributed by atoms with Crippen molar-refractivity contribution < 1.29 is 0 Å². The van der Waals surface area contributed by atoms with Gasteiger partial charge in [-0.15, -0.1) is 0 Å². The van der Waals surface area contributed by atoms with E-state index in [2.05, 4.69) is 0 Å². The van der Waals surface area contributed by atoms with Gasteiger partial charge in [0, 0.05) is 0 Å². The molecule has 5 atom stereocenters. The third-order valence-corrected chi connectivity index (χ3v) is 5.83. The van der Waals surface area contributed by atoms with Crippen molar-refractivity contribution in [1.82, 2.24) is 0 Å². The standard InChI is InChI=1S/C12H18/c1-2-9-7-12(5-1)10-4-3-8(6-10)11(9)12/h8-11H,1-7H2. The van der Waals surface area contributed by atoms with Crippen molar-refractivity contribution in [1.29, 1.82) is 0 Å². The zero-order valence-corrected chi connectivity index (χ0v) is 7.76. The summed E-state index contributed by atoms with van der Waals surface area (Å²) in [6.45, 7) is 0. The van der Waals surface area contributed by atoms with Crippen LogP contribution in [0.2, 0.25) is 0 Å². The first-order valence-corrected chi connectivity index (χ1v) is 5.90. The van der Waals surface area contributed by atoms with Gasteiger partial charge in [-0.05, 0) is 61.2 Å². The molecule has 5 rings (SSSR count). The van der Waals surface area contributed by atoms with Gasteiger partial charge in [0.15, 0.2) is 0 Å². The van der Waals surface area contributed by atoms with E-state index in [4.69, 9.17) is 0 Å². The second kappa shape index (κ2) is 1.76. The predicted octanol–water partition coefficient (Wildman–Crippen LogP) is 3.22. The van der Waals surface area contributed by atoms with Crippen LogP contribution in [0, 0.1) is 29.1 Å². The molecule has 4 bridgehead atoms. The molecule has 5 unspecified atom stereocenters. The van der Waals surface area contributed by atoms with Crippen molar-refractivity contribution in [2.24, 2.45) is 29.1 Å². The molecule has 5 aliphatic carbocycles. The minimum atomic E-state index is 0.950. The SMILES string of the molecule is C1CC2CC3(C1)C1CCC(C1)C23. The van der Waals surface area contributed by atoms with Crippen molar-refractivity contribution in [2.75, 3.05) is 0 Å². The molecule has 5 fully saturated rings. The van der Waals surface area contributed by atoms with Crippen LogP contribution in [0.5, 0.6) is 0 Å². The quantitative estimate of drug-likeness (QED) is 0.513. The van der Waals surface area contributed by atoms with Gasteiger partial charge < -0.3 is 0 Å². The Hall–Kier alpha value is 0. The smallest absolute Gasteiger partial charge is 0.0233 e. The highest BCUT2D eigenvalue weighted by Crippen LogP contribution is 2.75. The fourth-order valence-corrected chi connectivity index (χ4v) is 5.67. The zero-order chi connectivity index (χ0) is 7.76. The summed E-state index contributed by atoms with van der Waals surface area (Å²) in [5.41, 5.74) is 0.950. The van der Waals surface area contributed by atoms with E-state index in [-0.39, 0.29) is 0 Å². The topological polar surface area (TPSA) is 0 Å². The van der Waals surface area contributed by atoms with Crippen LogP contribution in [0.1, 0.15) is 44.9 Å². The Bertz CT molecular complexity index is 228. The van der Waals surface area contributed by atoms with Gasteiger partial charge in [-0.2, -0.15) is 0 Å². The summed E-state index contributed by atoms with van der Waals surface area (Å²) in [5, 5.41) is 0. The fraction of sp³-hybridized carbons (Fsp3) is 1.00. The summed E-state index contributed by atoms with van der Waals surface area (Å²) >= 11 is 0. The molecule has 0 aromatic carbocycles. The molecule has 0 aromatic heterocycles. The molecule has 0 heteroatoms. The maximum atomic E-state index is 1.65. The van der Waals surface area contributed by atoms with E-state index in [9.17, 15) is 0 Å². The van der Waals surface area contributed by atoms with Crippen molar-refractivity contribution in [2.45, 2.75) is 44.9 Å². The number of rotatable bonds is 0. The Balaban J connectivity index is 1.80. The van der Waals surface area contributed by atoms with Gasteiger partial charge in [0.1, 0.15) is 0 Å². The summed E-state index contributed by atoms with van der Waals surface area (Å²) in [6.07, 6.45) is 11.3. The van der Waals surface area contributed by atoms with Crippen LogP contribution >= 0.6 is 0 Å². The van der Waals surface area contributed by atoms with E-state index in [0.29, 0.717) is 0 Å². The Morgan fingerprint density at radius 2 is 2.00 bits per heavy atom. The summed E-state index contributed by atoms with van der Waals surface area (Å²) in [4.78, 5) is 0. The third-order valence-electron chi connectivity index (χ3n) is 5.83. The number of hydrogen-bond donors (Lipinski definition) is 0. The maximum Gasteiger partial charge on any atom is -0.0233 e. The highest BCUT2D eigenvalue weighted by Gasteiger charge is 2.67. The van der Waals surface area contributed by atoms with Gasteiger partial charge in [0.25, 0.3) is 0 Å². The van der Waals surface area contributed by atoms with E-state index in [1.54, 1.807) is 44.9 Å². The lowest BCUT2D eigenvalue weighted by Crippen LogP contribution is -2.54. The largest absolute Gasteiger partial charge is 0.0525 e. The lowest BCUT2D eigenvalue weighted by molar-refractivity contribution is -0.127. The van der Waals surface area contributed by atoms with E-state index in [1.807, 2.05) is 0 Å². The Morgan fingerprint density at radius 3 is 2.83 bits per heavy atom. The van der Waals surface area contributed by atoms with Crippen LogP contribution in [0.4, 0.5) is 0 Å². The van der Waals surface area contributed by atoms with E-state index in [1.165, 1.54) is 23.7 Å². The average molecular weight is 162 g/mol. The molecule has 0 aliphatic heterocycles. The number of fused-ring (bicyclic) bond motifs is 4. The molecule has 0 nitrogen and oxygen atoms in total. The number of hydrogen-bond acceptors (Lipinski definition) is 0. The van der Waals surface area contributed by atoms with Crippen molar-refractivity contribution >= 4 is 0 Å². The molecule has 5 saturated carbocycles. The minimum Gasteiger partial charge on any atom is -0.0525 e. The average Bonchev–Trinajstić information content (AvgIpc) is 2.61. The summed E-state index contributed by atoms with van der Waals surface area (Å²) < 4.78 is 0. The second-order valence-electron chi connectivity index (χ2n) is 5.89. The monoisotopic (exact) mass is 162 g/mol. The Kier molecular flexibility index (Phi) is 0.946. The van der Waals surface area contributed by atoms with Gasteiger partial charge in [-0.25, -0.2) is 0 Å². The molecule has 0 radical (unpaired) electrons. The molecular formula is C12H18. The van der Waals surface area contributed by atoms with Gasteiger partial charge in [-0.1, -0.05) is 12.8 Å². The fourth-order valence-electron chi connectivity index (χ4n) is 5.67. The summed E-state index contributed by atoms with van der Waals surface area (Å²) in [7, 11) is 0. The second-order valence-corrected chi connectivity index (χ2v) is 5.89. The molecule has 66 valence electrons. The molecule has 0 heterocycles. The van der Waals surface area contributed by atoms with Crippen LogP contribution in [-0.4, -0.2) is 0 Å². The minimum absolute atomic E-state index is 0.950. The van der Waals surface area contributed by atoms with E-state index in [0.717, 1.165) is 5.41 Å². The van der Waals surface area contributed by atoms with Crippen molar-refractivity contribution in [3.8, 4) is 0 Å². The normalized spacial score (nSPS) is 66.0. The van der Waals surface area contributed by atoms with E-state index >= 15 is 0 Å². The first-order chi connectivity index (χ1) is 5.90. The van der Waals surface area contributed by atoms with Gasteiger partial charge in [-0.3, -0.25) is 0 Å². The lowest BCUT2D eigenvalue weighted by Gasteiger charge is -2.62.